The van der Waals surface area contributed by atoms with E-state index in [1.807, 2.05) is 24.4 Å². The zero-order valence-corrected chi connectivity index (χ0v) is 13.0. The Balaban J connectivity index is 1.89. The topological polar surface area (TPSA) is 46.4 Å². The van der Waals surface area contributed by atoms with Crippen molar-refractivity contribution in [3.8, 4) is 0 Å². The Morgan fingerprint density at radius 1 is 1.12 bits per heavy atom. The van der Waals surface area contributed by atoms with Crippen LogP contribution in [-0.4, -0.2) is 15.3 Å². The number of hydrogen-bond acceptors (Lipinski definition) is 2. The fourth-order valence-electron chi connectivity index (χ4n) is 2.40. The first-order valence-electron chi connectivity index (χ1n) is 7.20. The predicted molar refractivity (Wildman–Crippen MR) is 84.1 cm³/mol. The molecule has 4 nitrogen and oxygen atoms in total. The molecule has 3 rings (SSSR count). The maximum Gasteiger partial charge on any atom is 0.416 e. The molecule has 124 valence electrons. The molecule has 24 heavy (non-hydrogen) atoms. The summed E-state index contributed by atoms with van der Waals surface area (Å²) in [5.74, 6) is -0.491. The summed E-state index contributed by atoms with van der Waals surface area (Å²) in [6, 6.07) is 7.55. The molecule has 0 saturated heterocycles. The number of aryl methyl sites for hydroxylation is 2. The fraction of sp³-hybridized carbons (Fsp3) is 0.176. The number of rotatable bonds is 2. The van der Waals surface area contributed by atoms with E-state index in [9.17, 15) is 18.0 Å². The minimum absolute atomic E-state index is 0.144. The van der Waals surface area contributed by atoms with E-state index >= 15 is 0 Å². The first-order valence-corrected chi connectivity index (χ1v) is 7.20. The number of imidazole rings is 1. The zero-order valence-electron chi connectivity index (χ0n) is 13.0. The van der Waals surface area contributed by atoms with Gasteiger partial charge in [0.25, 0.3) is 5.91 Å². The molecular formula is C17H14F3N3O. The van der Waals surface area contributed by atoms with E-state index in [4.69, 9.17) is 0 Å². The fourth-order valence-corrected chi connectivity index (χ4v) is 2.40. The Bertz CT molecular complexity index is 911. The largest absolute Gasteiger partial charge is 0.416 e. The van der Waals surface area contributed by atoms with Gasteiger partial charge in [0.05, 0.1) is 16.9 Å². The summed E-state index contributed by atoms with van der Waals surface area (Å²) >= 11 is 0. The van der Waals surface area contributed by atoms with E-state index in [0.717, 1.165) is 35.7 Å². The highest BCUT2D eigenvalue weighted by Gasteiger charge is 2.30. The normalized spacial score (nSPS) is 11.7. The molecule has 3 aromatic rings. The summed E-state index contributed by atoms with van der Waals surface area (Å²) in [7, 11) is 0. The molecule has 0 unspecified atom stereocenters. The van der Waals surface area contributed by atoms with Crippen molar-refractivity contribution in [2.75, 3.05) is 5.32 Å². The molecule has 0 radical (unpaired) electrons. The van der Waals surface area contributed by atoms with E-state index in [1.165, 1.54) is 0 Å². The molecule has 0 fully saturated rings. The van der Waals surface area contributed by atoms with Gasteiger partial charge in [0.2, 0.25) is 0 Å². The van der Waals surface area contributed by atoms with Crippen LogP contribution in [0.25, 0.3) is 5.65 Å². The van der Waals surface area contributed by atoms with Crippen molar-refractivity contribution in [1.29, 1.82) is 0 Å². The number of pyridine rings is 1. The Morgan fingerprint density at radius 2 is 1.79 bits per heavy atom. The number of nitrogens with zero attached hydrogens (tertiary/aromatic N) is 2. The van der Waals surface area contributed by atoms with E-state index in [2.05, 4.69) is 10.3 Å². The SMILES string of the molecule is Cc1nc2c(NC(=O)c3ccc(C(F)(F)F)cc3)cccn2c1C. The van der Waals surface area contributed by atoms with Gasteiger partial charge in [-0.15, -0.1) is 0 Å². The molecule has 0 aliphatic carbocycles. The smallest absolute Gasteiger partial charge is 0.319 e. The third kappa shape index (κ3) is 2.84. The summed E-state index contributed by atoms with van der Waals surface area (Å²) < 4.78 is 39.6. The lowest BCUT2D eigenvalue weighted by molar-refractivity contribution is -0.137. The van der Waals surface area contributed by atoms with Gasteiger partial charge in [-0.1, -0.05) is 0 Å². The number of alkyl halides is 3. The van der Waals surface area contributed by atoms with Crippen LogP contribution in [0.5, 0.6) is 0 Å². The Hall–Kier alpha value is -2.83. The van der Waals surface area contributed by atoms with Gasteiger partial charge in [-0.05, 0) is 50.2 Å². The van der Waals surface area contributed by atoms with Crippen LogP contribution in [0.1, 0.15) is 27.3 Å². The monoisotopic (exact) mass is 333 g/mol. The quantitative estimate of drug-likeness (QED) is 0.763. The maximum absolute atomic E-state index is 12.6. The first kappa shape index (κ1) is 16.0. The van der Waals surface area contributed by atoms with Crippen molar-refractivity contribution >= 4 is 17.2 Å². The molecule has 1 N–H and O–H groups in total. The van der Waals surface area contributed by atoms with Crippen molar-refractivity contribution in [3.63, 3.8) is 0 Å². The van der Waals surface area contributed by atoms with E-state index in [-0.39, 0.29) is 5.56 Å². The number of carbonyl (C=O) groups excluding carboxylic acids is 1. The van der Waals surface area contributed by atoms with Crippen molar-refractivity contribution in [1.82, 2.24) is 9.38 Å². The van der Waals surface area contributed by atoms with Gasteiger partial charge in [0.1, 0.15) is 0 Å². The predicted octanol–water partition coefficient (Wildman–Crippen LogP) is 4.22. The average Bonchev–Trinajstić information content (AvgIpc) is 2.83. The minimum atomic E-state index is -4.43. The number of anilines is 1. The minimum Gasteiger partial charge on any atom is -0.319 e. The summed E-state index contributed by atoms with van der Waals surface area (Å²) in [6.07, 6.45) is -2.59. The number of aromatic nitrogens is 2. The molecule has 2 heterocycles. The van der Waals surface area contributed by atoms with Crippen LogP contribution in [0.2, 0.25) is 0 Å². The Kier molecular flexibility index (Phi) is 3.79. The molecule has 0 atom stereocenters. The van der Waals surface area contributed by atoms with Crippen LogP contribution >= 0.6 is 0 Å². The zero-order chi connectivity index (χ0) is 17.5. The summed E-state index contributed by atoms with van der Waals surface area (Å²) in [4.78, 5) is 16.7. The highest BCUT2D eigenvalue weighted by atomic mass is 19.4. The van der Waals surface area contributed by atoms with Crippen LogP contribution in [0.15, 0.2) is 42.6 Å². The summed E-state index contributed by atoms with van der Waals surface area (Å²) in [5.41, 5.74) is 2.24. The van der Waals surface area contributed by atoms with Crippen LogP contribution in [0.4, 0.5) is 18.9 Å². The Labute approximate surface area is 135 Å². The molecule has 0 aliphatic heterocycles. The molecule has 0 bridgehead atoms. The summed E-state index contributed by atoms with van der Waals surface area (Å²) in [5, 5.41) is 2.70. The van der Waals surface area contributed by atoms with Gasteiger partial charge in [-0.25, -0.2) is 4.98 Å². The molecular weight excluding hydrogens is 319 g/mol. The highest BCUT2D eigenvalue weighted by Crippen LogP contribution is 2.29. The number of benzene rings is 1. The Morgan fingerprint density at radius 3 is 2.42 bits per heavy atom. The van der Waals surface area contributed by atoms with Crippen LogP contribution in [0, 0.1) is 13.8 Å². The van der Waals surface area contributed by atoms with Gasteiger partial charge in [-0.3, -0.25) is 4.79 Å². The second-order valence-electron chi connectivity index (χ2n) is 5.43. The molecule has 1 amide bonds. The number of carbonyl (C=O) groups is 1. The van der Waals surface area contributed by atoms with Crippen molar-refractivity contribution in [2.24, 2.45) is 0 Å². The first-order chi connectivity index (χ1) is 11.3. The average molecular weight is 333 g/mol. The van der Waals surface area contributed by atoms with Gasteiger partial charge in [-0.2, -0.15) is 13.2 Å². The number of halogens is 3. The molecule has 1 aromatic carbocycles. The van der Waals surface area contributed by atoms with Gasteiger partial charge in [0, 0.05) is 17.5 Å². The van der Waals surface area contributed by atoms with Crippen molar-refractivity contribution in [3.05, 3.63) is 65.1 Å². The lowest BCUT2D eigenvalue weighted by Crippen LogP contribution is -2.13. The second kappa shape index (κ2) is 5.67. The van der Waals surface area contributed by atoms with E-state index in [0.29, 0.717) is 11.3 Å². The lowest BCUT2D eigenvalue weighted by atomic mass is 10.1. The van der Waals surface area contributed by atoms with Gasteiger partial charge < -0.3 is 9.72 Å². The maximum atomic E-state index is 12.6. The number of amides is 1. The molecule has 0 saturated carbocycles. The summed E-state index contributed by atoms with van der Waals surface area (Å²) in [6.45, 7) is 3.78. The molecule has 7 heteroatoms. The van der Waals surface area contributed by atoms with Gasteiger partial charge >= 0.3 is 6.18 Å². The standard InChI is InChI=1S/C17H14F3N3O/c1-10-11(2)23-9-3-4-14(15(23)21-10)22-16(24)12-5-7-13(8-6-12)17(18,19)20/h3-9H,1-2H3,(H,22,24). The molecule has 0 aliphatic rings. The highest BCUT2D eigenvalue weighted by molar-refractivity contribution is 6.06. The molecule has 0 spiro atoms. The number of fused-ring (bicyclic) bond motifs is 1. The lowest BCUT2D eigenvalue weighted by Gasteiger charge is -2.09. The second-order valence-corrected chi connectivity index (χ2v) is 5.43. The van der Waals surface area contributed by atoms with E-state index < -0.39 is 17.6 Å². The third-order valence-corrected chi connectivity index (χ3v) is 3.85. The van der Waals surface area contributed by atoms with Gasteiger partial charge in [0.15, 0.2) is 5.65 Å². The van der Waals surface area contributed by atoms with Crippen LogP contribution in [-0.2, 0) is 6.18 Å². The number of nitrogens with one attached hydrogen (secondary N) is 1. The van der Waals surface area contributed by atoms with Crippen LogP contribution in [0.3, 0.4) is 0 Å². The third-order valence-electron chi connectivity index (χ3n) is 3.85. The van der Waals surface area contributed by atoms with Crippen LogP contribution < -0.4 is 5.32 Å². The van der Waals surface area contributed by atoms with E-state index in [1.54, 1.807) is 12.1 Å². The number of hydrogen-bond donors (Lipinski definition) is 1. The molecule has 2 aromatic heterocycles. The van der Waals surface area contributed by atoms with Crippen molar-refractivity contribution < 1.29 is 18.0 Å². The van der Waals surface area contributed by atoms with Crippen molar-refractivity contribution in [2.45, 2.75) is 20.0 Å².